The van der Waals surface area contributed by atoms with Crippen molar-refractivity contribution in [3.05, 3.63) is 23.1 Å². The highest BCUT2D eigenvalue weighted by Gasteiger charge is 2.19. The van der Waals surface area contributed by atoms with Gasteiger partial charge >= 0.3 is 0 Å². The van der Waals surface area contributed by atoms with Crippen molar-refractivity contribution >= 4 is 29.1 Å². The standard InChI is InChI=1S/C10H13Cl2NO3/c1-15-7-5-13(4-3-11)10(14)8-2-6-16-9(8)12/h2,6H,3-5,7H2,1H3. The van der Waals surface area contributed by atoms with Gasteiger partial charge in [0.05, 0.1) is 18.4 Å². The van der Waals surface area contributed by atoms with E-state index in [1.54, 1.807) is 18.1 Å². The van der Waals surface area contributed by atoms with Crippen LogP contribution in [-0.2, 0) is 4.74 Å². The van der Waals surface area contributed by atoms with Crippen molar-refractivity contribution in [1.82, 2.24) is 4.90 Å². The summed E-state index contributed by atoms with van der Waals surface area (Å²) in [5.41, 5.74) is 0.350. The van der Waals surface area contributed by atoms with Gasteiger partial charge in [0.15, 0.2) is 0 Å². The van der Waals surface area contributed by atoms with Crippen LogP contribution in [0.4, 0.5) is 0 Å². The Bertz CT molecular complexity index is 341. The van der Waals surface area contributed by atoms with Crippen molar-refractivity contribution in [3.8, 4) is 0 Å². The first kappa shape index (κ1) is 13.4. The van der Waals surface area contributed by atoms with Crippen LogP contribution in [0.1, 0.15) is 10.4 Å². The second-order valence-electron chi connectivity index (χ2n) is 3.08. The molecule has 6 heteroatoms. The number of carbonyl (C=O) groups is 1. The fourth-order valence-corrected chi connectivity index (χ4v) is 1.63. The monoisotopic (exact) mass is 265 g/mol. The van der Waals surface area contributed by atoms with Gasteiger partial charge in [-0.15, -0.1) is 11.6 Å². The van der Waals surface area contributed by atoms with Crippen LogP contribution in [0.3, 0.4) is 0 Å². The Morgan fingerprint density at radius 1 is 1.56 bits per heavy atom. The number of amides is 1. The Kier molecular flexibility index (Phi) is 5.66. The molecule has 0 aromatic carbocycles. The average molecular weight is 266 g/mol. The summed E-state index contributed by atoms with van der Waals surface area (Å²) in [6.45, 7) is 1.38. The number of halogens is 2. The largest absolute Gasteiger partial charge is 0.452 e. The second-order valence-corrected chi connectivity index (χ2v) is 3.80. The lowest BCUT2D eigenvalue weighted by Crippen LogP contribution is -2.35. The number of furan rings is 1. The van der Waals surface area contributed by atoms with Crippen LogP contribution in [0.25, 0.3) is 0 Å². The van der Waals surface area contributed by atoms with Gasteiger partial charge in [-0.25, -0.2) is 0 Å². The van der Waals surface area contributed by atoms with E-state index in [1.807, 2.05) is 0 Å². The van der Waals surface area contributed by atoms with Gasteiger partial charge in [-0.3, -0.25) is 4.79 Å². The molecule has 0 aliphatic carbocycles. The molecule has 0 atom stereocenters. The summed E-state index contributed by atoms with van der Waals surface area (Å²) < 4.78 is 9.80. The molecule has 0 bridgehead atoms. The minimum Gasteiger partial charge on any atom is -0.452 e. The quantitative estimate of drug-likeness (QED) is 0.742. The third-order valence-electron chi connectivity index (χ3n) is 2.06. The topological polar surface area (TPSA) is 42.7 Å². The predicted octanol–water partition coefficient (Wildman–Crippen LogP) is 2.26. The maximum atomic E-state index is 12.0. The summed E-state index contributed by atoms with van der Waals surface area (Å²) in [6.07, 6.45) is 1.38. The SMILES string of the molecule is COCCN(CCCl)C(=O)c1ccoc1Cl. The van der Waals surface area contributed by atoms with E-state index in [4.69, 9.17) is 32.4 Å². The normalized spacial score (nSPS) is 10.4. The van der Waals surface area contributed by atoms with Gasteiger partial charge in [0.2, 0.25) is 5.22 Å². The number of carbonyl (C=O) groups excluding carboxylic acids is 1. The zero-order valence-corrected chi connectivity index (χ0v) is 10.4. The summed E-state index contributed by atoms with van der Waals surface area (Å²) in [4.78, 5) is 13.6. The molecule has 0 N–H and O–H groups in total. The fraction of sp³-hybridized carbons (Fsp3) is 0.500. The van der Waals surface area contributed by atoms with Gasteiger partial charge in [-0.2, -0.15) is 0 Å². The van der Waals surface area contributed by atoms with Gasteiger partial charge < -0.3 is 14.1 Å². The molecule has 1 aromatic heterocycles. The summed E-state index contributed by atoms with van der Waals surface area (Å²) in [5.74, 6) is 0.168. The minimum atomic E-state index is -0.198. The Labute approximate surface area is 104 Å². The number of ether oxygens (including phenoxy) is 1. The molecule has 1 aromatic rings. The van der Waals surface area contributed by atoms with Crippen LogP contribution in [0, 0.1) is 0 Å². The van der Waals surface area contributed by atoms with Crippen LogP contribution in [0.5, 0.6) is 0 Å². The molecule has 0 saturated heterocycles. The first-order chi connectivity index (χ1) is 7.70. The van der Waals surface area contributed by atoms with Crippen molar-refractivity contribution in [2.45, 2.75) is 0 Å². The molecule has 0 aliphatic heterocycles. The van der Waals surface area contributed by atoms with E-state index in [9.17, 15) is 4.79 Å². The third-order valence-corrected chi connectivity index (χ3v) is 2.52. The average Bonchev–Trinajstić information content (AvgIpc) is 2.69. The minimum absolute atomic E-state index is 0.0991. The van der Waals surface area contributed by atoms with E-state index in [1.165, 1.54) is 6.26 Å². The molecule has 16 heavy (non-hydrogen) atoms. The summed E-state index contributed by atoms with van der Waals surface area (Å²) in [5, 5.41) is 0.0991. The molecular weight excluding hydrogens is 253 g/mol. The van der Waals surface area contributed by atoms with E-state index in [0.29, 0.717) is 31.1 Å². The van der Waals surface area contributed by atoms with Crippen molar-refractivity contribution in [3.63, 3.8) is 0 Å². The zero-order chi connectivity index (χ0) is 12.0. The molecule has 0 spiro atoms. The molecule has 1 heterocycles. The third kappa shape index (κ3) is 3.40. The zero-order valence-electron chi connectivity index (χ0n) is 8.91. The van der Waals surface area contributed by atoms with E-state index in [0.717, 1.165) is 0 Å². The van der Waals surface area contributed by atoms with Crippen molar-refractivity contribution in [2.24, 2.45) is 0 Å². The maximum absolute atomic E-state index is 12.0. The van der Waals surface area contributed by atoms with Gasteiger partial charge in [0, 0.05) is 26.1 Å². The predicted molar refractivity (Wildman–Crippen MR) is 62.2 cm³/mol. The highest BCUT2D eigenvalue weighted by atomic mass is 35.5. The van der Waals surface area contributed by atoms with Gasteiger partial charge in [-0.05, 0) is 17.7 Å². The summed E-state index contributed by atoms with van der Waals surface area (Å²) in [7, 11) is 1.58. The number of alkyl halides is 1. The van der Waals surface area contributed by atoms with Crippen LogP contribution >= 0.6 is 23.2 Å². The number of hydrogen-bond acceptors (Lipinski definition) is 3. The highest BCUT2D eigenvalue weighted by Crippen LogP contribution is 2.18. The fourth-order valence-electron chi connectivity index (χ4n) is 1.23. The first-order valence-corrected chi connectivity index (χ1v) is 5.69. The van der Waals surface area contributed by atoms with Gasteiger partial charge in [0.1, 0.15) is 0 Å². The molecule has 1 rings (SSSR count). The number of nitrogens with zero attached hydrogens (tertiary/aromatic N) is 1. The Morgan fingerprint density at radius 2 is 2.31 bits per heavy atom. The molecular formula is C10H13Cl2NO3. The highest BCUT2D eigenvalue weighted by molar-refractivity contribution is 6.32. The number of hydrogen-bond donors (Lipinski definition) is 0. The maximum Gasteiger partial charge on any atom is 0.258 e. The molecule has 0 saturated carbocycles. The van der Waals surface area contributed by atoms with Crippen LogP contribution in [-0.4, -0.2) is 43.5 Å². The number of rotatable bonds is 6. The Morgan fingerprint density at radius 3 is 2.81 bits per heavy atom. The molecule has 0 unspecified atom stereocenters. The van der Waals surface area contributed by atoms with E-state index >= 15 is 0 Å². The second kappa shape index (κ2) is 6.78. The first-order valence-electron chi connectivity index (χ1n) is 4.78. The smallest absolute Gasteiger partial charge is 0.258 e. The van der Waals surface area contributed by atoms with Crippen LogP contribution in [0.15, 0.2) is 16.7 Å². The van der Waals surface area contributed by atoms with E-state index < -0.39 is 0 Å². The van der Waals surface area contributed by atoms with Crippen molar-refractivity contribution in [1.29, 1.82) is 0 Å². The van der Waals surface area contributed by atoms with Gasteiger partial charge in [0.25, 0.3) is 5.91 Å². The van der Waals surface area contributed by atoms with Crippen LogP contribution < -0.4 is 0 Å². The Balaban J connectivity index is 2.70. The van der Waals surface area contributed by atoms with Crippen molar-refractivity contribution < 1.29 is 13.9 Å². The van der Waals surface area contributed by atoms with E-state index in [-0.39, 0.29) is 11.1 Å². The lowest BCUT2D eigenvalue weighted by molar-refractivity contribution is 0.0707. The van der Waals surface area contributed by atoms with Gasteiger partial charge in [-0.1, -0.05) is 0 Å². The summed E-state index contributed by atoms with van der Waals surface area (Å²) in [6, 6.07) is 1.54. The lowest BCUT2D eigenvalue weighted by Gasteiger charge is -2.20. The molecule has 0 aliphatic rings. The number of methoxy groups -OCH3 is 1. The molecule has 0 fully saturated rings. The Hall–Kier alpha value is -0.710. The molecule has 4 nitrogen and oxygen atoms in total. The lowest BCUT2D eigenvalue weighted by atomic mass is 10.3. The molecule has 1 amide bonds. The van der Waals surface area contributed by atoms with Crippen molar-refractivity contribution in [2.75, 3.05) is 32.7 Å². The summed E-state index contributed by atoms with van der Waals surface area (Å²) >= 11 is 11.4. The van der Waals surface area contributed by atoms with Crippen LogP contribution in [0.2, 0.25) is 5.22 Å². The van der Waals surface area contributed by atoms with E-state index in [2.05, 4.69) is 0 Å². The molecule has 90 valence electrons. The molecule has 0 radical (unpaired) electrons.